The highest BCUT2D eigenvalue weighted by molar-refractivity contribution is 6.35. The molecule has 3 N–H and O–H groups in total. The van der Waals surface area contributed by atoms with Crippen molar-refractivity contribution in [1.29, 1.82) is 0 Å². The number of hydrogen-bond donors (Lipinski definition) is 3. The second-order valence-electron chi connectivity index (χ2n) is 7.97. The molecular weight excluding hydrogens is 391 g/mol. The SMILES string of the molecule is O=C(N[C@@H](Cc1coc2ccccc12)OB(O)O)C(=O)N1CCC2(CCOCC2)C1. The Labute approximate surface area is 174 Å². The average molecular weight is 416 g/mol. The number of carbonyl (C=O) groups excluding carboxylic acids is 2. The van der Waals surface area contributed by atoms with E-state index in [1.165, 1.54) is 6.26 Å². The molecular formula is C20H25BN2O7. The third-order valence-corrected chi connectivity index (χ3v) is 6.02. The first kappa shape index (κ1) is 20.9. The number of fused-ring (bicyclic) bond motifs is 1. The fourth-order valence-electron chi connectivity index (χ4n) is 4.34. The van der Waals surface area contributed by atoms with Crippen molar-refractivity contribution in [2.24, 2.45) is 5.41 Å². The van der Waals surface area contributed by atoms with Gasteiger partial charge in [0.05, 0.1) is 6.26 Å². The first-order chi connectivity index (χ1) is 14.5. The molecule has 0 radical (unpaired) electrons. The Morgan fingerprint density at radius 2 is 2.00 bits per heavy atom. The smallest absolute Gasteiger partial charge is 0.464 e. The summed E-state index contributed by atoms with van der Waals surface area (Å²) in [6.45, 7) is 2.41. The molecule has 1 aromatic carbocycles. The highest BCUT2D eigenvalue weighted by Gasteiger charge is 2.42. The molecule has 0 bridgehead atoms. The summed E-state index contributed by atoms with van der Waals surface area (Å²) >= 11 is 0. The van der Waals surface area contributed by atoms with Gasteiger partial charge in [-0.15, -0.1) is 0 Å². The second-order valence-corrected chi connectivity index (χ2v) is 7.97. The van der Waals surface area contributed by atoms with Crippen LogP contribution in [0.3, 0.4) is 0 Å². The highest BCUT2D eigenvalue weighted by atomic mass is 16.6. The molecule has 2 amide bonds. The van der Waals surface area contributed by atoms with Crippen LogP contribution in [0.5, 0.6) is 0 Å². The molecule has 0 aliphatic carbocycles. The van der Waals surface area contributed by atoms with Gasteiger partial charge < -0.3 is 34.1 Å². The number of para-hydroxylation sites is 1. The van der Waals surface area contributed by atoms with Crippen molar-refractivity contribution in [3.63, 3.8) is 0 Å². The van der Waals surface area contributed by atoms with Crippen LogP contribution in [-0.4, -0.2) is 66.6 Å². The molecule has 1 spiro atoms. The van der Waals surface area contributed by atoms with E-state index in [0.717, 1.165) is 24.6 Å². The molecule has 2 aliphatic rings. The molecule has 30 heavy (non-hydrogen) atoms. The van der Waals surface area contributed by atoms with E-state index in [2.05, 4.69) is 5.32 Å². The summed E-state index contributed by atoms with van der Waals surface area (Å²) in [5.74, 6) is -1.48. The molecule has 9 nitrogen and oxygen atoms in total. The lowest BCUT2D eigenvalue weighted by atomic mass is 9.80. The lowest BCUT2D eigenvalue weighted by Crippen LogP contribution is -2.49. The maximum Gasteiger partial charge on any atom is 0.635 e. The number of nitrogens with zero attached hydrogens (tertiary/aromatic N) is 1. The van der Waals surface area contributed by atoms with Crippen molar-refractivity contribution in [3.8, 4) is 0 Å². The van der Waals surface area contributed by atoms with Crippen LogP contribution in [0.4, 0.5) is 0 Å². The summed E-state index contributed by atoms with van der Waals surface area (Å²) in [6.07, 6.45) is 3.14. The Bertz CT molecular complexity index is 909. The first-order valence-corrected chi connectivity index (χ1v) is 10.1. The number of hydrogen-bond acceptors (Lipinski definition) is 7. The minimum atomic E-state index is -2.10. The zero-order valence-electron chi connectivity index (χ0n) is 16.6. The Balaban J connectivity index is 1.41. The second kappa shape index (κ2) is 8.77. The quantitative estimate of drug-likeness (QED) is 0.367. The zero-order valence-corrected chi connectivity index (χ0v) is 16.6. The minimum absolute atomic E-state index is 0.0289. The Kier molecular flexibility index (Phi) is 6.10. The van der Waals surface area contributed by atoms with E-state index in [1.807, 2.05) is 18.2 Å². The van der Waals surface area contributed by atoms with Gasteiger partial charge in [0.15, 0.2) is 0 Å². The molecule has 2 aromatic rings. The third kappa shape index (κ3) is 4.51. The number of benzene rings is 1. The van der Waals surface area contributed by atoms with Crippen LogP contribution in [-0.2, 0) is 25.4 Å². The van der Waals surface area contributed by atoms with E-state index >= 15 is 0 Å². The van der Waals surface area contributed by atoms with Gasteiger partial charge >= 0.3 is 19.1 Å². The van der Waals surface area contributed by atoms with Gasteiger partial charge in [-0.1, -0.05) is 18.2 Å². The van der Waals surface area contributed by atoms with Crippen molar-refractivity contribution in [3.05, 3.63) is 36.1 Å². The lowest BCUT2D eigenvalue weighted by molar-refractivity contribution is -0.147. The monoisotopic (exact) mass is 416 g/mol. The van der Waals surface area contributed by atoms with Gasteiger partial charge in [0, 0.05) is 43.7 Å². The van der Waals surface area contributed by atoms with Gasteiger partial charge in [-0.2, -0.15) is 0 Å². The summed E-state index contributed by atoms with van der Waals surface area (Å²) in [7, 11) is -2.10. The maximum absolute atomic E-state index is 12.7. The molecule has 2 fully saturated rings. The summed E-state index contributed by atoms with van der Waals surface area (Å²) < 4.78 is 15.9. The van der Waals surface area contributed by atoms with Crippen molar-refractivity contribution in [1.82, 2.24) is 10.2 Å². The first-order valence-electron chi connectivity index (χ1n) is 10.1. The van der Waals surface area contributed by atoms with E-state index in [-0.39, 0.29) is 11.8 Å². The van der Waals surface area contributed by atoms with E-state index in [4.69, 9.17) is 13.8 Å². The van der Waals surface area contributed by atoms with Crippen LogP contribution in [0.2, 0.25) is 0 Å². The number of likely N-dealkylation sites (tertiary alicyclic amines) is 1. The maximum atomic E-state index is 12.7. The number of ether oxygens (including phenoxy) is 1. The Morgan fingerprint density at radius 1 is 1.23 bits per heavy atom. The van der Waals surface area contributed by atoms with Crippen molar-refractivity contribution < 1.29 is 33.4 Å². The standard InChI is InChI=1S/C20H25BN2O7/c24-18(19(25)23-8-5-20(13-23)6-9-28-10-7-20)22-17(30-21(26)27)11-14-12-29-16-4-2-1-3-15(14)16/h1-4,12,17,26-27H,5-11,13H2,(H,22,24)/t17-/m1/s1. The third-order valence-electron chi connectivity index (χ3n) is 6.02. The van der Waals surface area contributed by atoms with Crippen molar-refractivity contribution in [2.75, 3.05) is 26.3 Å². The highest BCUT2D eigenvalue weighted by Crippen LogP contribution is 2.39. The Hall–Kier alpha value is -2.40. The molecule has 160 valence electrons. The molecule has 2 aliphatic heterocycles. The normalized spacial score (nSPS) is 19.2. The molecule has 10 heteroatoms. The summed E-state index contributed by atoms with van der Waals surface area (Å²) in [5.41, 5.74) is 1.41. The molecule has 2 saturated heterocycles. The number of nitrogens with one attached hydrogen (secondary N) is 1. The number of furan rings is 1. The molecule has 3 heterocycles. The van der Waals surface area contributed by atoms with Gasteiger partial charge in [-0.25, -0.2) is 0 Å². The lowest BCUT2D eigenvalue weighted by Gasteiger charge is -2.33. The van der Waals surface area contributed by atoms with Crippen LogP contribution >= 0.6 is 0 Å². The fourth-order valence-corrected chi connectivity index (χ4v) is 4.34. The van der Waals surface area contributed by atoms with E-state index in [9.17, 15) is 19.6 Å². The molecule has 4 rings (SSSR count). The number of rotatable bonds is 5. The van der Waals surface area contributed by atoms with Gasteiger partial charge in [0.2, 0.25) is 0 Å². The van der Waals surface area contributed by atoms with Crippen LogP contribution in [0.25, 0.3) is 11.0 Å². The van der Waals surface area contributed by atoms with E-state index in [1.54, 1.807) is 11.0 Å². The minimum Gasteiger partial charge on any atom is -0.464 e. The van der Waals surface area contributed by atoms with Crippen LogP contribution < -0.4 is 5.32 Å². The van der Waals surface area contributed by atoms with Gasteiger partial charge in [0.1, 0.15) is 11.8 Å². The summed E-state index contributed by atoms with van der Waals surface area (Å²) in [5, 5.41) is 21.8. The van der Waals surface area contributed by atoms with Gasteiger partial charge in [-0.3, -0.25) is 9.59 Å². The number of carbonyl (C=O) groups is 2. The predicted octanol–water partition coefficient (Wildman–Crippen LogP) is 0.433. The van der Waals surface area contributed by atoms with Crippen LogP contribution in [0.1, 0.15) is 24.8 Å². The average Bonchev–Trinajstić information content (AvgIpc) is 3.32. The largest absolute Gasteiger partial charge is 0.635 e. The number of amides is 2. The summed E-state index contributed by atoms with van der Waals surface area (Å²) in [4.78, 5) is 26.8. The van der Waals surface area contributed by atoms with Crippen LogP contribution in [0.15, 0.2) is 34.9 Å². The van der Waals surface area contributed by atoms with Crippen molar-refractivity contribution in [2.45, 2.75) is 31.9 Å². The van der Waals surface area contributed by atoms with E-state index in [0.29, 0.717) is 37.4 Å². The Morgan fingerprint density at radius 3 is 2.77 bits per heavy atom. The van der Waals surface area contributed by atoms with E-state index < -0.39 is 25.4 Å². The predicted molar refractivity (Wildman–Crippen MR) is 107 cm³/mol. The zero-order chi connectivity index (χ0) is 21.1. The van der Waals surface area contributed by atoms with Crippen molar-refractivity contribution >= 4 is 30.1 Å². The summed E-state index contributed by atoms with van der Waals surface area (Å²) in [6, 6.07) is 7.34. The molecule has 0 unspecified atom stereocenters. The molecule has 1 atom stereocenters. The van der Waals surface area contributed by atoms with Gasteiger partial charge in [-0.05, 0) is 30.7 Å². The molecule has 0 saturated carbocycles. The topological polar surface area (TPSA) is 121 Å². The fraction of sp³-hybridized carbons (Fsp3) is 0.500. The van der Waals surface area contributed by atoms with Gasteiger partial charge in [0.25, 0.3) is 0 Å². The van der Waals surface area contributed by atoms with Crippen LogP contribution in [0, 0.1) is 5.41 Å². The molecule has 1 aromatic heterocycles.